The van der Waals surface area contributed by atoms with Crippen molar-refractivity contribution in [3.63, 3.8) is 0 Å². The van der Waals surface area contributed by atoms with Crippen molar-refractivity contribution in [3.8, 4) is 0 Å². The Kier molecular flexibility index (Phi) is 5.94. The molecule has 0 saturated heterocycles. The smallest absolute Gasteiger partial charge is 0.262 e. The van der Waals surface area contributed by atoms with Gasteiger partial charge in [0.15, 0.2) is 5.11 Å². The quantitative estimate of drug-likeness (QED) is 0.544. The highest BCUT2D eigenvalue weighted by Gasteiger charge is 2.17. The van der Waals surface area contributed by atoms with Gasteiger partial charge in [0.1, 0.15) is 0 Å². The van der Waals surface area contributed by atoms with Gasteiger partial charge in [0, 0.05) is 17.9 Å². The molecule has 2 aromatic rings. The lowest BCUT2D eigenvalue weighted by atomic mass is 10.2. The molecule has 0 aliphatic carbocycles. The van der Waals surface area contributed by atoms with E-state index in [1.807, 2.05) is 6.07 Å². The maximum Gasteiger partial charge on any atom is 0.262 e. The maximum atomic E-state index is 12.6. The molecule has 5 nitrogen and oxygen atoms in total. The number of thiocarbonyl (C=S) groups is 1. The summed E-state index contributed by atoms with van der Waals surface area (Å²) in [6, 6.07) is 13.8. The zero-order valence-corrected chi connectivity index (χ0v) is 14.9. The Labute approximate surface area is 147 Å². The van der Waals surface area contributed by atoms with E-state index in [-0.39, 0.29) is 4.90 Å². The van der Waals surface area contributed by atoms with Crippen LogP contribution in [0.2, 0.25) is 0 Å². The molecular weight excluding hydrogens is 342 g/mol. The molecule has 0 saturated carbocycles. The molecule has 0 bridgehead atoms. The second kappa shape index (κ2) is 7.94. The highest BCUT2D eigenvalue weighted by atomic mass is 32.2. The van der Waals surface area contributed by atoms with E-state index in [4.69, 9.17) is 12.2 Å². The van der Waals surface area contributed by atoms with Crippen molar-refractivity contribution < 1.29 is 8.42 Å². The summed E-state index contributed by atoms with van der Waals surface area (Å²) in [6.07, 6.45) is 1.68. The summed E-state index contributed by atoms with van der Waals surface area (Å²) in [7, 11) is -3.69. The van der Waals surface area contributed by atoms with Crippen molar-refractivity contribution in [1.29, 1.82) is 0 Å². The van der Waals surface area contributed by atoms with Gasteiger partial charge >= 0.3 is 0 Å². The average molecular weight is 361 g/mol. The first kappa shape index (κ1) is 18.0. The SMILES string of the molecule is C=CCNC(=S)Nc1ccc(C)c(S(=O)(=O)Nc2ccccc2)c1. The van der Waals surface area contributed by atoms with Crippen LogP contribution in [0.15, 0.2) is 66.1 Å². The number of nitrogens with one attached hydrogen (secondary N) is 3. The first-order valence-electron chi connectivity index (χ1n) is 7.26. The third-order valence-electron chi connectivity index (χ3n) is 3.17. The van der Waals surface area contributed by atoms with Crippen LogP contribution in [0.4, 0.5) is 11.4 Å². The molecule has 0 amide bonds. The second-order valence-electron chi connectivity index (χ2n) is 5.08. The number of hydrogen-bond donors (Lipinski definition) is 3. The summed E-state index contributed by atoms with van der Waals surface area (Å²) in [5.74, 6) is 0. The van der Waals surface area contributed by atoms with E-state index in [1.54, 1.807) is 55.5 Å². The minimum Gasteiger partial charge on any atom is -0.359 e. The van der Waals surface area contributed by atoms with E-state index in [0.29, 0.717) is 28.6 Å². The Morgan fingerprint density at radius 3 is 2.54 bits per heavy atom. The number of sulfonamides is 1. The van der Waals surface area contributed by atoms with Crippen LogP contribution in [-0.2, 0) is 10.0 Å². The van der Waals surface area contributed by atoms with Crippen molar-refractivity contribution in [3.05, 3.63) is 66.7 Å². The van der Waals surface area contributed by atoms with Crippen molar-refractivity contribution in [2.24, 2.45) is 0 Å². The summed E-state index contributed by atoms with van der Waals surface area (Å²) in [6.45, 7) is 5.87. The molecule has 126 valence electrons. The fourth-order valence-corrected chi connectivity index (χ4v) is 3.56. The first-order valence-corrected chi connectivity index (χ1v) is 9.16. The number of para-hydroxylation sites is 1. The zero-order chi connectivity index (χ0) is 17.6. The Morgan fingerprint density at radius 2 is 1.88 bits per heavy atom. The molecule has 0 spiro atoms. The van der Waals surface area contributed by atoms with Crippen LogP contribution in [0.25, 0.3) is 0 Å². The van der Waals surface area contributed by atoms with Crippen LogP contribution in [-0.4, -0.2) is 20.1 Å². The molecule has 0 aliphatic rings. The molecule has 0 fully saturated rings. The maximum absolute atomic E-state index is 12.6. The minimum absolute atomic E-state index is 0.197. The number of anilines is 2. The monoisotopic (exact) mass is 361 g/mol. The predicted octanol–water partition coefficient (Wildman–Crippen LogP) is 3.27. The van der Waals surface area contributed by atoms with Gasteiger partial charge in [-0.15, -0.1) is 6.58 Å². The molecule has 0 aliphatic heterocycles. The summed E-state index contributed by atoms with van der Waals surface area (Å²) in [4.78, 5) is 0.197. The van der Waals surface area contributed by atoms with E-state index in [9.17, 15) is 8.42 Å². The molecule has 0 aromatic heterocycles. The van der Waals surface area contributed by atoms with Crippen molar-refractivity contribution in [2.45, 2.75) is 11.8 Å². The van der Waals surface area contributed by atoms with Gasteiger partial charge < -0.3 is 10.6 Å². The van der Waals surface area contributed by atoms with E-state index >= 15 is 0 Å². The molecule has 7 heteroatoms. The predicted molar refractivity (Wildman–Crippen MR) is 103 cm³/mol. The highest BCUT2D eigenvalue weighted by molar-refractivity contribution is 7.92. The fraction of sp³-hybridized carbons (Fsp3) is 0.118. The Hall–Kier alpha value is -2.38. The molecular formula is C17H19N3O2S2. The van der Waals surface area contributed by atoms with Crippen molar-refractivity contribution in [1.82, 2.24) is 5.32 Å². The lowest BCUT2D eigenvalue weighted by molar-refractivity contribution is 0.600. The van der Waals surface area contributed by atoms with Crippen LogP contribution >= 0.6 is 12.2 Å². The molecule has 24 heavy (non-hydrogen) atoms. The summed E-state index contributed by atoms with van der Waals surface area (Å²) < 4.78 is 27.8. The van der Waals surface area contributed by atoms with Gasteiger partial charge in [-0.3, -0.25) is 4.72 Å². The molecule has 0 unspecified atom stereocenters. The topological polar surface area (TPSA) is 70.2 Å². The Bertz CT molecular complexity index is 834. The van der Waals surface area contributed by atoms with E-state index in [0.717, 1.165) is 0 Å². The molecule has 2 aromatic carbocycles. The standard InChI is InChI=1S/C17H19N3O2S2/c1-3-11-18-17(23)19-15-10-9-13(2)16(12-15)24(21,22)20-14-7-5-4-6-8-14/h3-10,12,20H,1,11H2,2H3,(H2,18,19,23). The second-order valence-corrected chi connectivity index (χ2v) is 7.13. The van der Waals surface area contributed by atoms with Gasteiger partial charge in [-0.25, -0.2) is 8.42 Å². The lowest BCUT2D eigenvalue weighted by Crippen LogP contribution is -2.28. The summed E-state index contributed by atoms with van der Waals surface area (Å²) in [5.41, 5.74) is 1.75. The number of benzene rings is 2. The fourth-order valence-electron chi connectivity index (χ4n) is 2.02. The summed E-state index contributed by atoms with van der Waals surface area (Å²) >= 11 is 5.14. The van der Waals surface area contributed by atoms with Gasteiger partial charge in [0.05, 0.1) is 4.90 Å². The van der Waals surface area contributed by atoms with Crippen molar-refractivity contribution >= 4 is 38.7 Å². The largest absolute Gasteiger partial charge is 0.359 e. The normalized spacial score (nSPS) is 10.7. The first-order chi connectivity index (χ1) is 11.4. The van der Waals surface area contributed by atoms with Crippen LogP contribution in [0, 0.1) is 6.92 Å². The summed E-state index contributed by atoms with van der Waals surface area (Å²) in [5, 5.41) is 6.29. The van der Waals surface area contributed by atoms with Gasteiger partial charge in [-0.2, -0.15) is 0 Å². The molecule has 2 rings (SSSR count). The van der Waals surface area contributed by atoms with Gasteiger partial charge in [-0.05, 0) is 49.0 Å². The molecule has 0 heterocycles. The van der Waals surface area contributed by atoms with Gasteiger partial charge in [-0.1, -0.05) is 30.3 Å². The van der Waals surface area contributed by atoms with Crippen LogP contribution in [0.1, 0.15) is 5.56 Å². The highest BCUT2D eigenvalue weighted by Crippen LogP contribution is 2.22. The van der Waals surface area contributed by atoms with E-state index < -0.39 is 10.0 Å². The zero-order valence-electron chi connectivity index (χ0n) is 13.2. The molecule has 0 atom stereocenters. The van der Waals surface area contributed by atoms with Gasteiger partial charge in [0.2, 0.25) is 0 Å². The van der Waals surface area contributed by atoms with E-state index in [1.165, 1.54) is 0 Å². The Morgan fingerprint density at radius 1 is 1.17 bits per heavy atom. The van der Waals surface area contributed by atoms with Crippen LogP contribution in [0.5, 0.6) is 0 Å². The van der Waals surface area contributed by atoms with Crippen LogP contribution in [0.3, 0.4) is 0 Å². The van der Waals surface area contributed by atoms with Crippen molar-refractivity contribution in [2.75, 3.05) is 16.6 Å². The third kappa shape index (κ3) is 4.81. The number of rotatable bonds is 6. The minimum atomic E-state index is -3.69. The number of aryl methyl sites for hydroxylation is 1. The van der Waals surface area contributed by atoms with E-state index in [2.05, 4.69) is 21.9 Å². The number of hydrogen-bond acceptors (Lipinski definition) is 3. The van der Waals surface area contributed by atoms with Crippen LogP contribution < -0.4 is 15.4 Å². The lowest BCUT2D eigenvalue weighted by Gasteiger charge is -2.14. The van der Waals surface area contributed by atoms with Gasteiger partial charge in [0.25, 0.3) is 10.0 Å². The molecule has 3 N–H and O–H groups in total. The third-order valence-corrected chi connectivity index (χ3v) is 4.94. The molecule has 0 radical (unpaired) electrons. The Balaban J connectivity index is 2.24. The average Bonchev–Trinajstić information content (AvgIpc) is 2.55.